The quantitative estimate of drug-likeness (QED) is 0.330. The predicted molar refractivity (Wildman–Crippen MR) is 148 cm³/mol. The molecule has 0 radical (unpaired) electrons. The average Bonchev–Trinajstić information content (AvgIpc) is 3.45. The Kier molecular flexibility index (Phi) is 6.86. The normalized spacial score (nSPS) is 13.8. The summed E-state index contributed by atoms with van der Waals surface area (Å²) in [6.45, 7) is 4.17. The van der Waals surface area contributed by atoms with E-state index in [-0.39, 0.29) is 5.91 Å². The van der Waals surface area contributed by atoms with Crippen molar-refractivity contribution in [1.29, 1.82) is 0 Å². The number of benzene rings is 2. The van der Waals surface area contributed by atoms with Gasteiger partial charge in [-0.15, -0.1) is 11.8 Å². The van der Waals surface area contributed by atoms with E-state index in [1.54, 1.807) is 17.8 Å². The van der Waals surface area contributed by atoms with Crippen molar-refractivity contribution in [3.8, 4) is 17.1 Å². The molecule has 182 valence electrons. The van der Waals surface area contributed by atoms with Gasteiger partial charge < -0.3 is 10.3 Å². The van der Waals surface area contributed by atoms with E-state index in [4.69, 9.17) is 10.1 Å². The van der Waals surface area contributed by atoms with Gasteiger partial charge in [-0.1, -0.05) is 29.8 Å². The summed E-state index contributed by atoms with van der Waals surface area (Å²) < 4.78 is 1.96. The summed E-state index contributed by atoms with van der Waals surface area (Å²) in [4.78, 5) is 25.8. The van der Waals surface area contributed by atoms with E-state index in [2.05, 4.69) is 40.8 Å². The molecule has 0 unspecified atom stereocenters. The third-order valence-electron chi connectivity index (χ3n) is 6.05. The van der Waals surface area contributed by atoms with Crippen molar-refractivity contribution in [3.63, 3.8) is 0 Å². The number of fused-ring (bicyclic) bond motifs is 1. The van der Waals surface area contributed by atoms with E-state index in [1.165, 1.54) is 5.57 Å². The molecular formula is C28H28N6OS. The molecule has 1 aliphatic heterocycles. The predicted octanol–water partition coefficient (Wildman–Crippen LogP) is 5.97. The van der Waals surface area contributed by atoms with Gasteiger partial charge in [0, 0.05) is 12.6 Å². The molecule has 0 saturated heterocycles. The van der Waals surface area contributed by atoms with Crippen molar-refractivity contribution in [2.24, 2.45) is 4.99 Å². The van der Waals surface area contributed by atoms with Crippen molar-refractivity contribution in [3.05, 3.63) is 88.4 Å². The second-order valence-corrected chi connectivity index (χ2v) is 9.46. The molecule has 36 heavy (non-hydrogen) atoms. The molecule has 2 N–H and O–H groups in total. The van der Waals surface area contributed by atoms with Gasteiger partial charge in [0.1, 0.15) is 17.2 Å². The zero-order valence-electron chi connectivity index (χ0n) is 20.6. The first-order valence-electron chi connectivity index (χ1n) is 11.9. The van der Waals surface area contributed by atoms with Crippen molar-refractivity contribution in [2.75, 3.05) is 6.26 Å². The van der Waals surface area contributed by atoms with E-state index in [0.717, 1.165) is 41.0 Å². The van der Waals surface area contributed by atoms with Crippen LogP contribution in [0.1, 0.15) is 41.5 Å². The number of nitrogens with zero attached hydrogens (tertiary/aromatic N) is 4. The van der Waals surface area contributed by atoms with Crippen LogP contribution in [-0.4, -0.2) is 38.1 Å². The van der Waals surface area contributed by atoms with Gasteiger partial charge in [-0.3, -0.25) is 4.79 Å². The number of thioether (sulfide) groups is 1. The Balaban J connectivity index is 1.59. The van der Waals surface area contributed by atoms with Gasteiger partial charge in [-0.05, 0) is 68.7 Å². The van der Waals surface area contributed by atoms with Crippen LogP contribution in [0.5, 0.6) is 0 Å². The minimum atomic E-state index is -0.223. The van der Waals surface area contributed by atoms with Crippen molar-refractivity contribution in [2.45, 2.75) is 33.1 Å². The van der Waals surface area contributed by atoms with Crippen LogP contribution >= 0.6 is 11.8 Å². The molecule has 8 heteroatoms. The van der Waals surface area contributed by atoms with Crippen LogP contribution in [0.3, 0.4) is 0 Å². The molecular weight excluding hydrogens is 468 g/mol. The summed E-state index contributed by atoms with van der Waals surface area (Å²) in [6, 6.07) is 15.7. The standard InChI is InChI=1S/C28H28N6OS/c1-18(17-36-3)16-23-25(19(2)34(33-23)20-10-5-4-6-11-20)27-30-22-13-9-12-21(26(22)32-27)28(35)31-24-14-7-8-15-29-24/h4-6,9-15,17H,7-8,16H2,1-3H3,(H,30,32)(H,31,35). The number of hydrogen-bond acceptors (Lipinski definition) is 5. The van der Waals surface area contributed by atoms with E-state index in [1.807, 2.05) is 59.4 Å². The van der Waals surface area contributed by atoms with Crippen molar-refractivity contribution < 1.29 is 4.79 Å². The van der Waals surface area contributed by atoms with Crippen LogP contribution < -0.4 is 5.32 Å². The second kappa shape index (κ2) is 10.4. The molecule has 1 amide bonds. The highest BCUT2D eigenvalue weighted by Crippen LogP contribution is 2.31. The number of aromatic nitrogens is 4. The molecule has 0 fully saturated rings. The fourth-order valence-electron chi connectivity index (χ4n) is 4.43. The Hall–Kier alpha value is -3.91. The molecule has 0 bridgehead atoms. The summed E-state index contributed by atoms with van der Waals surface area (Å²) >= 11 is 1.68. The first-order chi connectivity index (χ1) is 17.5. The second-order valence-electron chi connectivity index (χ2n) is 8.75. The van der Waals surface area contributed by atoms with Crippen LogP contribution in [0.25, 0.3) is 28.1 Å². The third kappa shape index (κ3) is 4.77. The maximum Gasteiger partial charge on any atom is 0.259 e. The third-order valence-corrected chi connectivity index (χ3v) is 6.69. The highest BCUT2D eigenvalue weighted by atomic mass is 32.2. The zero-order valence-corrected chi connectivity index (χ0v) is 21.4. The molecule has 2 aromatic heterocycles. The Morgan fingerprint density at radius 3 is 2.75 bits per heavy atom. The van der Waals surface area contributed by atoms with Crippen LogP contribution in [0, 0.1) is 6.92 Å². The fraction of sp³-hybridized carbons (Fsp3) is 0.214. The molecule has 5 rings (SSSR count). The zero-order chi connectivity index (χ0) is 25.1. The number of nitrogens with one attached hydrogen (secondary N) is 2. The van der Waals surface area contributed by atoms with Gasteiger partial charge in [0.25, 0.3) is 5.91 Å². The molecule has 0 atom stereocenters. The average molecular weight is 497 g/mol. The maximum absolute atomic E-state index is 13.1. The summed E-state index contributed by atoms with van der Waals surface area (Å²) in [7, 11) is 0. The highest BCUT2D eigenvalue weighted by molar-refractivity contribution is 8.01. The lowest BCUT2D eigenvalue weighted by Gasteiger charge is -2.08. The highest BCUT2D eigenvalue weighted by Gasteiger charge is 2.22. The molecule has 1 aliphatic rings. The number of carbonyl (C=O) groups excluding carboxylic acids is 1. The summed E-state index contributed by atoms with van der Waals surface area (Å²) in [5, 5.41) is 10.0. The molecule has 7 nitrogen and oxygen atoms in total. The molecule has 0 saturated carbocycles. The van der Waals surface area contributed by atoms with E-state index >= 15 is 0 Å². The number of aromatic amines is 1. The number of imidazole rings is 1. The first kappa shape index (κ1) is 23.8. The molecule has 4 aromatic rings. The van der Waals surface area contributed by atoms with Gasteiger partial charge in [0.2, 0.25) is 0 Å². The summed E-state index contributed by atoms with van der Waals surface area (Å²) in [5.74, 6) is 1.06. The number of H-pyrrole nitrogens is 1. The Labute approximate surface area is 214 Å². The lowest BCUT2D eigenvalue weighted by molar-refractivity contribution is 0.0967. The molecule has 3 heterocycles. The number of carbonyl (C=O) groups is 1. The van der Waals surface area contributed by atoms with Gasteiger partial charge in [-0.25, -0.2) is 14.7 Å². The first-order valence-corrected chi connectivity index (χ1v) is 13.2. The van der Waals surface area contributed by atoms with Crippen LogP contribution in [0.2, 0.25) is 0 Å². The maximum atomic E-state index is 13.1. The number of rotatable bonds is 7. The van der Waals surface area contributed by atoms with E-state index in [9.17, 15) is 4.79 Å². The lowest BCUT2D eigenvalue weighted by Crippen LogP contribution is -2.23. The number of allylic oxidation sites excluding steroid dienone is 2. The SMILES string of the molecule is CSC=C(C)Cc1nn(-c2ccccc2)c(C)c1-c1nc2c(C(=O)NC3=CCCC=N3)cccc2[nH]1. The monoisotopic (exact) mass is 496 g/mol. The van der Waals surface area contributed by atoms with Crippen LogP contribution in [0.4, 0.5) is 0 Å². The van der Waals surface area contributed by atoms with Gasteiger partial charge >= 0.3 is 0 Å². The largest absolute Gasteiger partial charge is 0.338 e. The number of hydrogen-bond donors (Lipinski definition) is 2. The Morgan fingerprint density at radius 2 is 2.00 bits per heavy atom. The van der Waals surface area contributed by atoms with E-state index in [0.29, 0.717) is 29.1 Å². The van der Waals surface area contributed by atoms with Crippen LogP contribution in [-0.2, 0) is 6.42 Å². The Morgan fingerprint density at radius 1 is 1.17 bits per heavy atom. The van der Waals surface area contributed by atoms with Crippen LogP contribution in [0.15, 0.2) is 76.4 Å². The number of amides is 1. The molecule has 0 aliphatic carbocycles. The van der Waals surface area contributed by atoms with Crippen molar-refractivity contribution >= 4 is 34.9 Å². The number of aliphatic imine (C=N–C) groups is 1. The summed E-state index contributed by atoms with van der Waals surface area (Å²) in [6.07, 6.45) is 8.28. The smallest absolute Gasteiger partial charge is 0.259 e. The Bertz CT molecular complexity index is 1510. The van der Waals surface area contributed by atoms with Crippen molar-refractivity contribution in [1.82, 2.24) is 25.1 Å². The van der Waals surface area contributed by atoms with Gasteiger partial charge in [-0.2, -0.15) is 5.10 Å². The van der Waals surface area contributed by atoms with Gasteiger partial charge in [0.15, 0.2) is 0 Å². The minimum absolute atomic E-state index is 0.223. The number of para-hydroxylation sites is 2. The summed E-state index contributed by atoms with van der Waals surface area (Å²) in [5.41, 5.74) is 7.02. The fourth-order valence-corrected chi connectivity index (χ4v) is 4.92. The van der Waals surface area contributed by atoms with E-state index < -0.39 is 0 Å². The minimum Gasteiger partial charge on any atom is -0.338 e. The van der Waals surface area contributed by atoms with Gasteiger partial charge in [0.05, 0.1) is 33.7 Å². The molecule has 0 spiro atoms. The topological polar surface area (TPSA) is 88.0 Å². The lowest BCUT2D eigenvalue weighted by atomic mass is 10.1. The molecule has 2 aromatic carbocycles.